The summed E-state index contributed by atoms with van der Waals surface area (Å²) in [7, 11) is 0. The van der Waals surface area contributed by atoms with Gasteiger partial charge >= 0.3 is 0 Å². The molecule has 0 atom stereocenters. The minimum Gasteiger partial charge on any atom is -0.289 e. The molecule has 1 aliphatic carbocycles. The molecule has 0 bridgehead atoms. The van der Waals surface area contributed by atoms with Crippen LogP contribution >= 0.6 is 0 Å². The van der Waals surface area contributed by atoms with Gasteiger partial charge in [-0.25, -0.2) is 0 Å². The number of fused-ring (bicyclic) bond motifs is 2. The van der Waals surface area contributed by atoms with E-state index in [9.17, 15) is 9.59 Å². The maximum atomic E-state index is 13.1. The number of hydrogen-bond donors (Lipinski definition) is 0. The third-order valence-corrected chi connectivity index (χ3v) is 5.00. The van der Waals surface area contributed by atoms with E-state index in [0.29, 0.717) is 22.3 Å². The zero-order chi connectivity index (χ0) is 17.6. The van der Waals surface area contributed by atoms with Crippen molar-refractivity contribution in [1.29, 1.82) is 0 Å². The molecule has 122 valence electrons. The first-order chi connectivity index (χ1) is 12.1. The SMILES string of the molecule is Cc1cc(Cc2ccccc2)c(C)c2c1C(=O)c1ccccc1C2=O. The summed E-state index contributed by atoms with van der Waals surface area (Å²) in [5, 5.41) is 0. The Balaban J connectivity index is 1.90. The Morgan fingerprint density at radius 2 is 1.28 bits per heavy atom. The number of rotatable bonds is 2. The molecule has 0 heterocycles. The van der Waals surface area contributed by atoms with Crippen LogP contribution in [0.4, 0.5) is 0 Å². The van der Waals surface area contributed by atoms with Crippen molar-refractivity contribution in [3.63, 3.8) is 0 Å². The lowest BCUT2D eigenvalue weighted by molar-refractivity contribution is 0.0978. The summed E-state index contributed by atoms with van der Waals surface area (Å²) in [5.74, 6) is -0.0854. The van der Waals surface area contributed by atoms with Gasteiger partial charge in [-0.2, -0.15) is 0 Å². The first-order valence-electron chi connectivity index (χ1n) is 8.43. The average molecular weight is 326 g/mol. The molecular weight excluding hydrogens is 308 g/mol. The van der Waals surface area contributed by atoms with Gasteiger partial charge in [0.15, 0.2) is 11.6 Å². The monoisotopic (exact) mass is 326 g/mol. The van der Waals surface area contributed by atoms with E-state index in [1.165, 1.54) is 5.56 Å². The number of benzene rings is 3. The Morgan fingerprint density at radius 1 is 0.720 bits per heavy atom. The second kappa shape index (κ2) is 5.82. The van der Waals surface area contributed by atoms with Crippen LogP contribution in [-0.4, -0.2) is 11.6 Å². The number of carbonyl (C=O) groups excluding carboxylic acids is 2. The summed E-state index contributed by atoms with van der Waals surface area (Å²) in [6, 6.07) is 19.3. The van der Waals surface area contributed by atoms with Gasteiger partial charge in [-0.15, -0.1) is 0 Å². The van der Waals surface area contributed by atoms with Gasteiger partial charge < -0.3 is 0 Å². The highest BCUT2D eigenvalue weighted by Gasteiger charge is 2.32. The van der Waals surface area contributed by atoms with E-state index < -0.39 is 0 Å². The number of hydrogen-bond acceptors (Lipinski definition) is 2. The minimum atomic E-state index is -0.0444. The molecule has 2 heteroatoms. The highest BCUT2D eigenvalue weighted by atomic mass is 16.1. The van der Waals surface area contributed by atoms with Gasteiger partial charge in [0.2, 0.25) is 0 Å². The van der Waals surface area contributed by atoms with E-state index in [2.05, 4.69) is 18.2 Å². The van der Waals surface area contributed by atoms with Crippen LogP contribution in [0.15, 0.2) is 60.7 Å². The van der Waals surface area contributed by atoms with Gasteiger partial charge in [0, 0.05) is 22.3 Å². The van der Waals surface area contributed by atoms with E-state index in [1.54, 1.807) is 18.2 Å². The Bertz CT molecular complexity index is 1010. The summed E-state index contributed by atoms with van der Waals surface area (Å²) >= 11 is 0. The lowest BCUT2D eigenvalue weighted by Gasteiger charge is -2.23. The molecule has 0 saturated carbocycles. The van der Waals surface area contributed by atoms with E-state index in [4.69, 9.17) is 0 Å². The first-order valence-corrected chi connectivity index (χ1v) is 8.43. The normalized spacial score (nSPS) is 12.7. The largest absolute Gasteiger partial charge is 0.289 e. The Hall–Kier alpha value is -3.00. The van der Waals surface area contributed by atoms with Crippen LogP contribution in [0.3, 0.4) is 0 Å². The summed E-state index contributed by atoms with van der Waals surface area (Å²) in [6.07, 6.45) is 0.754. The van der Waals surface area contributed by atoms with Crippen molar-refractivity contribution in [3.8, 4) is 0 Å². The number of carbonyl (C=O) groups is 2. The molecule has 1 aliphatic rings. The van der Waals surface area contributed by atoms with Crippen LogP contribution in [0.25, 0.3) is 0 Å². The molecule has 0 saturated heterocycles. The van der Waals surface area contributed by atoms with Crippen LogP contribution in [0.2, 0.25) is 0 Å². The molecule has 0 radical (unpaired) electrons. The quantitative estimate of drug-likeness (QED) is 0.536. The minimum absolute atomic E-state index is 0.0410. The van der Waals surface area contributed by atoms with E-state index >= 15 is 0 Å². The number of aryl methyl sites for hydroxylation is 1. The summed E-state index contributed by atoms with van der Waals surface area (Å²) < 4.78 is 0. The summed E-state index contributed by atoms with van der Waals surface area (Å²) in [6.45, 7) is 3.88. The molecule has 0 fully saturated rings. The molecule has 2 nitrogen and oxygen atoms in total. The van der Waals surface area contributed by atoms with Crippen LogP contribution in [0.5, 0.6) is 0 Å². The molecule has 0 spiro atoms. The Kier molecular flexibility index (Phi) is 3.61. The molecule has 4 rings (SSSR count). The molecule has 0 unspecified atom stereocenters. The van der Waals surface area contributed by atoms with E-state index in [0.717, 1.165) is 23.1 Å². The predicted octanol–water partition coefficient (Wildman–Crippen LogP) is 4.67. The van der Waals surface area contributed by atoms with Crippen molar-refractivity contribution < 1.29 is 9.59 Å². The second-order valence-electron chi connectivity index (χ2n) is 6.59. The van der Waals surface area contributed by atoms with Crippen molar-refractivity contribution >= 4 is 11.6 Å². The molecule has 25 heavy (non-hydrogen) atoms. The topological polar surface area (TPSA) is 34.1 Å². The molecule has 0 aliphatic heterocycles. The standard InChI is InChI=1S/C23H18O2/c1-14-12-17(13-16-8-4-3-5-9-16)15(2)21-20(14)22(24)18-10-6-7-11-19(18)23(21)25/h3-12H,13H2,1-2H3. The van der Waals surface area contributed by atoms with Crippen molar-refractivity contribution in [2.45, 2.75) is 20.3 Å². The van der Waals surface area contributed by atoms with Gasteiger partial charge in [0.25, 0.3) is 0 Å². The molecule has 3 aromatic carbocycles. The van der Waals surface area contributed by atoms with Crippen LogP contribution in [0.1, 0.15) is 54.1 Å². The third kappa shape index (κ3) is 2.42. The van der Waals surface area contributed by atoms with Gasteiger partial charge in [0.1, 0.15) is 0 Å². The van der Waals surface area contributed by atoms with Crippen LogP contribution in [-0.2, 0) is 6.42 Å². The van der Waals surface area contributed by atoms with E-state index in [1.807, 2.05) is 38.1 Å². The van der Waals surface area contributed by atoms with Gasteiger partial charge in [-0.3, -0.25) is 9.59 Å². The maximum Gasteiger partial charge on any atom is 0.194 e. The fraction of sp³-hybridized carbons (Fsp3) is 0.130. The van der Waals surface area contributed by atoms with Crippen molar-refractivity contribution in [2.24, 2.45) is 0 Å². The predicted molar refractivity (Wildman–Crippen MR) is 98.5 cm³/mol. The lowest BCUT2D eigenvalue weighted by Crippen LogP contribution is -2.24. The highest BCUT2D eigenvalue weighted by molar-refractivity contribution is 6.29. The van der Waals surface area contributed by atoms with Crippen molar-refractivity contribution in [3.05, 3.63) is 105 Å². The van der Waals surface area contributed by atoms with Crippen LogP contribution in [0, 0.1) is 13.8 Å². The second-order valence-corrected chi connectivity index (χ2v) is 6.59. The summed E-state index contributed by atoms with van der Waals surface area (Å²) in [4.78, 5) is 26.0. The number of ketones is 2. The van der Waals surface area contributed by atoms with Crippen molar-refractivity contribution in [2.75, 3.05) is 0 Å². The lowest BCUT2D eigenvalue weighted by atomic mass is 9.78. The van der Waals surface area contributed by atoms with Crippen molar-refractivity contribution in [1.82, 2.24) is 0 Å². The fourth-order valence-corrected chi connectivity index (χ4v) is 3.71. The summed E-state index contributed by atoms with van der Waals surface area (Å²) in [5.41, 5.74) is 6.25. The highest BCUT2D eigenvalue weighted by Crippen LogP contribution is 2.33. The molecule has 0 N–H and O–H groups in total. The van der Waals surface area contributed by atoms with E-state index in [-0.39, 0.29) is 11.6 Å². The van der Waals surface area contributed by atoms with Gasteiger partial charge in [0.05, 0.1) is 0 Å². The molecular formula is C23H18O2. The molecule has 0 aromatic heterocycles. The third-order valence-electron chi connectivity index (χ3n) is 5.00. The maximum absolute atomic E-state index is 13.1. The first kappa shape index (κ1) is 15.5. The van der Waals surface area contributed by atoms with Crippen LogP contribution < -0.4 is 0 Å². The van der Waals surface area contributed by atoms with Gasteiger partial charge in [-0.05, 0) is 42.5 Å². The molecule has 0 amide bonds. The zero-order valence-electron chi connectivity index (χ0n) is 14.3. The Labute approximate surface area is 147 Å². The zero-order valence-corrected chi connectivity index (χ0v) is 14.3. The Morgan fingerprint density at radius 3 is 1.92 bits per heavy atom. The van der Waals surface area contributed by atoms with Gasteiger partial charge in [-0.1, -0.05) is 60.7 Å². The smallest absolute Gasteiger partial charge is 0.194 e. The average Bonchev–Trinajstić information content (AvgIpc) is 2.63. The molecule has 3 aromatic rings. The fourth-order valence-electron chi connectivity index (χ4n) is 3.71.